The van der Waals surface area contributed by atoms with E-state index in [1.807, 2.05) is 0 Å². The fraction of sp³-hybridized carbons (Fsp3) is 0.188. The van der Waals surface area contributed by atoms with E-state index in [4.69, 9.17) is 9.47 Å². The highest BCUT2D eigenvalue weighted by Gasteiger charge is 2.18. The first-order chi connectivity index (χ1) is 10.2. The second-order valence-electron chi connectivity index (χ2n) is 4.30. The molecule has 0 bridgehead atoms. The van der Waals surface area contributed by atoms with Crippen LogP contribution in [0.5, 0.6) is 11.5 Å². The summed E-state index contributed by atoms with van der Waals surface area (Å²) in [6, 6.07) is 9.89. The first-order valence-corrected chi connectivity index (χ1v) is 6.35. The van der Waals surface area contributed by atoms with E-state index in [1.165, 1.54) is 20.4 Å². The summed E-state index contributed by atoms with van der Waals surface area (Å²) in [6.07, 6.45) is 1.25. The molecular weight excluding hydrogens is 270 g/mol. The smallest absolute Gasteiger partial charge is 0.188 e. The molecule has 0 aliphatic carbocycles. The minimum absolute atomic E-state index is 0.263. The van der Waals surface area contributed by atoms with Gasteiger partial charge < -0.3 is 9.47 Å². The molecule has 108 valence electrons. The lowest BCUT2D eigenvalue weighted by Gasteiger charge is -2.09. The first kappa shape index (κ1) is 14.7. The number of ketones is 2. The molecule has 0 aliphatic rings. The molecule has 1 aromatic carbocycles. The summed E-state index contributed by atoms with van der Waals surface area (Å²) < 4.78 is 10.2. The summed E-state index contributed by atoms with van der Waals surface area (Å²) in [5.41, 5.74) is 0.592. The molecule has 0 radical (unpaired) electrons. The Morgan fingerprint density at radius 3 is 2.48 bits per heavy atom. The quantitative estimate of drug-likeness (QED) is 0.603. The van der Waals surface area contributed by atoms with Gasteiger partial charge in [-0.05, 0) is 30.3 Å². The molecular formula is C16H15NO4. The molecule has 2 rings (SSSR count). The number of Topliss-reactive ketones (excluding diaryl/α,β-unsaturated/α-hetero) is 2. The minimum atomic E-state index is -0.332. The van der Waals surface area contributed by atoms with E-state index in [0.29, 0.717) is 17.1 Å². The molecule has 1 aromatic heterocycles. The Bertz CT molecular complexity index is 653. The molecule has 0 unspecified atom stereocenters. The molecule has 0 saturated carbocycles. The van der Waals surface area contributed by atoms with Crippen LogP contribution in [0, 0.1) is 0 Å². The number of ether oxygens (including phenoxy) is 2. The van der Waals surface area contributed by atoms with E-state index in [2.05, 4.69) is 4.98 Å². The number of methoxy groups -OCH3 is 2. The van der Waals surface area contributed by atoms with Crippen molar-refractivity contribution < 1.29 is 19.1 Å². The largest absolute Gasteiger partial charge is 0.497 e. The van der Waals surface area contributed by atoms with Crippen LogP contribution in [-0.2, 0) is 0 Å². The zero-order valence-corrected chi connectivity index (χ0v) is 11.8. The van der Waals surface area contributed by atoms with Crippen molar-refractivity contribution in [1.29, 1.82) is 0 Å². The zero-order chi connectivity index (χ0) is 15.2. The number of pyridine rings is 1. The van der Waals surface area contributed by atoms with Crippen LogP contribution < -0.4 is 9.47 Å². The lowest BCUT2D eigenvalue weighted by Crippen LogP contribution is -2.11. The maximum absolute atomic E-state index is 12.3. The maximum atomic E-state index is 12.3. The van der Waals surface area contributed by atoms with Crippen LogP contribution in [0.15, 0.2) is 42.6 Å². The summed E-state index contributed by atoms with van der Waals surface area (Å²) >= 11 is 0. The van der Waals surface area contributed by atoms with E-state index in [0.717, 1.165) is 0 Å². The topological polar surface area (TPSA) is 65.5 Å². The molecule has 0 fully saturated rings. The Labute approximate surface area is 122 Å². The van der Waals surface area contributed by atoms with Gasteiger partial charge in [-0.25, -0.2) is 0 Å². The van der Waals surface area contributed by atoms with Crippen LogP contribution in [0.1, 0.15) is 27.3 Å². The predicted molar refractivity (Wildman–Crippen MR) is 77.1 cm³/mol. The molecule has 1 heterocycles. The molecule has 5 heteroatoms. The van der Waals surface area contributed by atoms with Crippen molar-refractivity contribution in [3.63, 3.8) is 0 Å². The van der Waals surface area contributed by atoms with E-state index < -0.39 is 0 Å². The molecule has 21 heavy (non-hydrogen) atoms. The standard InChI is InChI=1S/C16H15NO4/c1-20-11-6-7-16(21-2)12(9-11)14(18)10-15(19)13-5-3-4-8-17-13/h3-9H,10H2,1-2H3. The van der Waals surface area contributed by atoms with Crippen LogP contribution >= 0.6 is 0 Å². The van der Waals surface area contributed by atoms with Crippen molar-refractivity contribution in [1.82, 2.24) is 4.98 Å². The third-order valence-corrected chi connectivity index (χ3v) is 2.98. The van der Waals surface area contributed by atoms with Crippen molar-refractivity contribution in [2.24, 2.45) is 0 Å². The highest BCUT2D eigenvalue weighted by atomic mass is 16.5. The van der Waals surface area contributed by atoms with Gasteiger partial charge in [-0.1, -0.05) is 6.07 Å². The highest BCUT2D eigenvalue weighted by molar-refractivity contribution is 6.13. The van der Waals surface area contributed by atoms with E-state index >= 15 is 0 Å². The summed E-state index contributed by atoms with van der Waals surface area (Å²) in [4.78, 5) is 28.3. The molecule has 0 aliphatic heterocycles. The van der Waals surface area contributed by atoms with Gasteiger partial charge in [0.2, 0.25) is 0 Å². The van der Waals surface area contributed by atoms with Crippen LogP contribution in [-0.4, -0.2) is 30.8 Å². The Kier molecular flexibility index (Phi) is 4.66. The number of rotatable bonds is 6. The molecule has 0 saturated heterocycles. The van der Waals surface area contributed by atoms with Crippen molar-refractivity contribution in [3.05, 3.63) is 53.9 Å². The van der Waals surface area contributed by atoms with E-state index in [1.54, 1.807) is 36.4 Å². The highest BCUT2D eigenvalue weighted by Crippen LogP contribution is 2.25. The average molecular weight is 285 g/mol. The van der Waals surface area contributed by atoms with Crippen LogP contribution in [0.2, 0.25) is 0 Å². The van der Waals surface area contributed by atoms with E-state index in [-0.39, 0.29) is 23.7 Å². The second-order valence-corrected chi connectivity index (χ2v) is 4.30. The Hall–Kier alpha value is -2.69. The lowest BCUT2D eigenvalue weighted by atomic mass is 10.0. The van der Waals surface area contributed by atoms with Crippen LogP contribution in [0.3, 0.4) is 0 Å². The fourth-order valence-electron chi connectivity index (χ4n) is 1.89. The van der Waals surface area contributed by atoms with Crippen molar-refractivity contribution in [2.45, 2.75) is 6.42 Å². The van der Waals surface area contributed by atoms with Crippen molar-refractivity contribution in [3.8, 4) is 11.5 Å². The molecule has 2 aromatic rings. The molecule has 0 N–H and O–H groups in total. The lowest BCUT2D eigenvalue weighted by molar-refractivity contribution is 0.0889. The second kappa shape index (κ2) is 6.65. The maximum Gasteiger partial charge on any atom is 0.188 e. The normalized spacial score (nSPS) is 10.0. The Morgan fingerprint density at radius 1 is 1.05 bits per heavy atom. The summed E-state index contributed by atoms with van der Waals surface area (Å²) in [7, 11) is 2.98. The number of carbonyl (C=O) groups excluding carboxylic acids is 2. The van der Waals surface area contributed by atoms with Gasteiger partial charge in [0.05, 0.1) is 26.2 Å². The molecule has 5 nitrogen and oxygen atoms in total. The van der Waals surface area contributed by atoms with Gasteiger partial charge in [0.25, 0.3) is 0 Å². The third-order valence-electron chi connectivity index (χ3n) is 2.98. The van der Waals surface area contributed by atoms with Crippen molar-refractivity contribution >= 4 is 11.6 Å². The molecule has 0 amide bonds. The SMILES string of the molecule is COc1ccc(OC)c(C(=O)CC(=O)c2ccccn2)c1. The van der Waals surface area contributed by atoms with Gasteiger partial charge in [0.1, 0.15) is 17.2 Å². The summed E-state index contributed by atoms with van der Waals surface area (Å²) in [5.74, 6) is 0.283. The number of nitrogens with zero attached hydrogens (tertiary/aromatic N) is 1. The van der Waals surface area contributed by atoms with Gasteiger partial charge in [0, 0.05) is 6.20 Å². The van der Waals surface area contributed by atoms with Crippen LogP contribution in [0.4, 0.5) is 0 Å². The van der Waals surface area contributed by atoms with Crippen LogP contribution in [0.25, 0.3) is 0 Å². The number of benzene rings is 1. The number of hydrogen-bond acceptors (Lipinski definition) is 5. The monoisotopic (exact) mass is 285 g/mol. The van der Waals surface area contributed by atoms with Gasteiger partial charge >= 0.3 is 0 Å². The first-order valence-electron chi connectivity index (χ1n) is 6.35. The van der Waals surface area contributed by atoms with Gasteiger partial charge in [-0.3, -0.25) is 14.6 Å². The summed E-state index contributed by atoms with van der Waals surface area (Å²) in [6.45, 7) is 0. The van der Waals surface area contributed by atoms with Crippen molar-refractivity contribution in [2.75, 3.05) is 14.2 Å². The van der Waals surface area contributed by atoms with E-state index in [9.17, 15) is 9.59 Å². The number of hydrogen-bond donors (Lipinski definition) is 0. The average Bonchev–Trinajstić information content (AvgIpc) is 2.54. The third kappa shape index (κ3) is 3.45. The Balaban J connectivity index is 2.22. The van der Waals surface area contributed by atoms with Gasteiger partial charge in [0.15, 0.2) is 11.6 Å². The predicted octanol–water partition coefficient (Wildman–Crippen LogP) is 2.55. The molecule has 0 atom stereocenters. The van der Waals surface area contributed by atoms with Gasteiger partial charge in [-0.2, -0.15) is 0 Å². The fourth-order valence-corrected chi connectivity index (χ4v) is 1.89. The summed E-state index contributed by atoms with van der Waals surface area (Å²) in [5, 5.41) is 0. The number of aromatic nitrogens is 1. The number of carbonyl (C=O) groups is 2. The zero-order valence-electron chi connectivity index (χ0n) is 11.8. The molecule has 0 spiro atoms. The minimum Gasteiger partial charge on any atom is -0.497 e. The Morgan fingerprint density at radius 2 is 1.86 bits per heavy atom. The van der Waals surface area contributed by atoms with Gasteiger partial charge in [-0.15, -0.1) is 0 Å².